The summed E-state index contributed by atoms with van der Waals surface area (Å²) in [6.45, 7) is 10.8. The summed E-state index contributed by atoms with van der Waals surface area (Å²) < 4.78 is 0. The van der Waals surface area contributed by atoms with Gasteiger partial charge in [0.05, 0.1) is 5.75 Å². The van der Waals surface area contributed by atoms with E-state index in [0.29, 0.717) is 0 Å². The van der Waals surface area contributed by atoms with E-state index in [-0.39, 0.29) is 0 Å². The van der Waals surface area contributed by atoms with Gasteiger partial charge in [-0.3, -0.25) is 0 Å². The molecule has 108 valence electrons. The van der Waals surface area contributed by atoms with Crippen molar-refractivity contribution < 1.29 is 0 Å². The van der Waals surface area contributed by atoms with Crippen LogP contribution in [0.3, 0.4) is 0 Å². The van der Waals surface area contributed by atoms with Crippen LogP contribution >= 0.6 is 11.8 Å². The molecule has 3 nitrogen and oxygen atoms in total. The van der Waals surface area contributed by atoms with Crippen LogP contribution < -0.4 is 5.32 Å². The minimum atomic E-state index is 0.927. The second kappa shape index (κ2) is 9.32. The summed E-state index contributed by atoms with van der Waals surface area (Å²) in [7, 11) is 0. The first kappa shape index (κ1) is 16.4. The number of aryl methyl sites for hydroxylation is 2. The third-order valence-corrected chi connectivity index (χ3v) is 3.98. The highest BCUT2D eigenvalue weighted by Gasteiger charge is 2.08. The molecular weight excluding hydrogens is 254 g/mol. The van der Waals surface area contributed by atoms with Crippen LogP contribution in [0.1, 0.15) is 49.5 Å². The molecule has 0 saturated heterocycles. The zero-order valence-corrected chi connectivity index (χ0v) is 13.6. The largest absolute Gasteiger partial charge is 0.317 e. The van der Waals surface area contributed by atoms with Crippen molar-refractivity contribution in [3.63, 3.8) is 0 Å². The molecule has 1 N–H and O–H groups in total. The van der Waals surface area contributed by atoms with Crippen molar-refractivity contribution in [2.75, 3.05) is 18.8 Å². The fourth-order valence-corrected chi connectivity index (χ4v) is 2.64. The molecule has 0 aliphatic carbocycles. The zero-order valence-electron chi connectivity index (χ0n) is 12.8. The van der Waals surface area contributed by atoms with Crippen LogP contribution in [-0.2, 0) is 12.2 Å². The van der Waals surface area contributed by atoms with E-state index >= 15 is 0 Å². The number of nitrogens with zero attached hydrogens (tertiary/aromatic N) is 2. The predicted molar refractivity (Wildman–Crippen MR) is 84.8 cm³/mol. The lowest BCUT2D eigenvalue weighted by atomic mass is 10.1. The summed E-state index contributed by atoms with van der Waals surface area (Å²) in [5.74, 6) is 3.03. The van der Waals surface area contributed by atoms with Crippen LogP contribution in [0.15, 0.2) is 0 Å². The van der Waals surface area contributed by atoms with Gasteiger partial charge in [-0.05, 0) is 57.5 Å². The van der Waals surface area contributed by atoms with Crippen LogP contribution in [-0.4, -0.2) is 28.8 Å². The van der Waals surface area contributed by atoms with E-state index in [2.05, 4.69) is 43.0 Å². The van der Waals surface area contributed by atoms with Gasteiger partial charge in [0.2, 0.25) is 0 Å². The molecule has 0 fully saturated rings. The van der Waals surface area contributed by atoms with Crippen LogP contribution in [0, 0.1) is 13.8 Å². The van der Waals surface area contributed by atoms with Crippen molar-refractivity contribution in [1.29, 1.82) is 0 Å². The second-order valence-electron chi connectivity index (χ2n) is 4.78. The fourth-order valence-electron chi connectivity index (χ4n) is 2.12. The highest BCUT2D eigenvalue weighted by Crippen LogP contribution is 2.15. The standard InChI is InChI=1S/C15H27N3S/c1-5-9-16-10-7-8-14-12(3)17-15(11-19-6-2)18-13(14)4/h16H,5-11H2,1-4H3. The normalized spacial score (nSPS) is 10.9. The van der Waals surface area contributed by atoms with Gasteiger partial charge in [0.25, 0.3) is 0 Å². The molecule has 0 radical (unpaired) electrons. The second-order valence-corrected chi connectivity index (χ2v) is 6.05. The fraction of sp³-hybridized carbons (Fsp3) is 0.733. The molecule has 0 aliphatic rings. The van der Waals surface area contributed by atoms with Crippen molar-refractivity contribution in [2.24, 2.45) is 0 Å². The Bertz CT molecular complexity index is 357. The van der Waals surface area contributed by atoms with Gasteiger partial charge in [0.15, 0.2) is 0 Å². The van der Waals surface area contributed by atoms with Gasteiger partial charge in [-0.1, -0.05) is 13.8 Å². The van der Waals surface area contributed by atoms with Crippen LogP contribution in [0.2, 0.25) is 0 Å². The minimum absolute atomic E-state index is 0.927. The van der Waals surface area contributed by atoms with E-state index < -0.39 is 0 Å². The van der Waals surface area contributed by atoms with Gasteiger partial charge >= 0.3 is 0 Å². The molecule has 0 aliphatic heterocycles. The Morgan fingerprint density at radius 1 is 1.05 bits per heavy atom. The zero-order chi connectivity index (χ0) is 14.1. The quantitative estimate of drug-likeness (QED) is 0.705. The maximum Gasteiger partial charge on any atom is 0.138 e. The summed E-state index contributed by atoms with van der Waals surface area (Å²) in [5.41, 5.74) is 3.66. The molecule has 0 bridgehead atoms. The highest BCUT2D eigenvalue weighted by molar-refractivity contribution is 7.98. The Labute approximate surface area is 122 Å². The number of nitrogens with one attached hydrogen (secondary N) is 1. The molecule has 0 amide bonds. The number of aromatic nitrogens is 2. The van der Waals surface area contributed by atoms with Gasteiger partial charge in [0, 0.05) is 11.4 Å². The van der Waals surface area contributed by atoms with Crippen LogP contribution in [0.4, 0.5) is 0 Å². The average molecular weight is 281 g/mol. The van der Waals surface area contributed by atoms with Gasteiger partial charge < -0.3 is 5.32 Å². The average Bonchev–Trinajstić information content (AvgIpc) is 2.38. The molecule has 0 spiro atoms. The lowest BCUT2D eigenvalue weighted by molar-refractivity contribution is 0.636. The van der Waals surface area contributed by atoms with Crippen LogP contribution in [0.25, 0.3) is 0 Å². The van der Waals surface area contributed by atoms with Crippen LogP contribution in [0.5, 0.6) is 0 Å². The highest BCUT2D eigenvalue weighted by atomic mass is 32.2. The molecule has 1 aromatic heterocycles. The molecular formula is C15H27N3S. The maximum absolute atomic E-state index is 4.63. The third kappa shape index (κ3) is 5.91. The first-order valence-corrected chi connectivity index (χ1v) is 8.45. The topological polar surface area (TPSA) is 37.8 Å². The Hall–Kier alpha value is -0.610. The lowest BCUT2D eigenvalue weighted by Crippen LogP contribution is -2.17. The number of rotatable bonds is 9. The molecule has 0 atom stereocenters. The molecule has 0 saturated carbocycles. The van der Waals surface area contributed by atoms with Crippen molar-refractivity contribution in [3.8, 4) is 0 Å². The summed E-state index contributed by atoms with van der Waals surface area (Å²) >= 11 is 1.88. The van der Waals surface area contributed by atoms with Gasteiger partial charge in [-0.2, -0.15) is 11.8 Å². The first-order valence-electron chi connectivity index (χ1n) is 7.30. The molecule has 0 aromatic carbocycles. The summed E-state index contributed by atoms with van der Waals surface area (Å²) in [6.07, 6.45) is 3.44. The monoisotopic (exact) mass is 281 g/mol. The number of hydrogen-bond acceptors (Lipinski definition) is 4. The summed E-state index contributed by atoms with van der Waals surface area (Å²) in [6, 6.07) is 0. The SMILES string of the molecule is CCCNCCCc1c(C)nc(CSCC)nc1C. The Balaban J connectivity index is 2.53. The summed E-state index contributed by atoms with van der Waals surface area (Å²) in [4.78, 5) is 9.27. The first-order chi connectivity index (χ1) is 9.19. The number of thioether (sulfide) groups is 1. The van der Waals surface area contributed by atoms with E-state index in [0.717, 1.165) is 54.6 Å². The Kier molecular flexibility index (Phi) is 8.07. The van der Waals surface area contributed by atoms with Gasteiger partial charge in [0.1, 0.15) is 5.82 Å². The van der Waals surface area contributed by atoms with E-state index in [4.69, 9.17) is 0 Å². The maximum atomic E-state index is 4.63. The van der Waals surface area contributed by atoms with Crippen molar-refractivity contribution in [1.82, 2.24) is 15.3 Å². The lowest BCUT2D eigenvalue weighted by Gasteiger charge is -2.11. The van der Waals surface area contributed by atoms with Crippen molar-refractivity contribution in [2.45, 2.75) is 52.7 Å². The minimum Gasteiger partial charge on any atom is -0.317 e. The Morgan fingerprint density at radius 3 is 2.32 bits per heavy atom. The van der Waals surface area contributed by atoms with Crippen molar-refractivity contribution >= 4 is 11.8 Å². The molecule has 0 unspecified atom stereocenters. The smallest absolute Gasteiger partial charge is 0.138 e. The van der Waals surface area contributed by atoms with Gasteiger partial charge in [-0.15, -0.1) is 0 Å². The molecule has 1 aromatic rings. The van der Waals surface area contributed by atoms with E-state index in [1.54, 1.807) is 0 Å². The van der Waals surface area contributed by atoms with E-state index in [9.17, 15) is 0 Å². The summed E-state index contributed by atoms with van der Waals surface area (Å²) in [5, 5.41) is 3.44. The van der Waals surface area contributed by atoms with E-state index in [1.165, 1.54) is 12.0 Å². The van der Waals surface area contributed by atoms with E-state index in [1.807, 2.05) is 11.8 Å². The third-order valence-electron chi connectivity index (χ3n) is 3.11. The molecule has 4 heteroatoms. The molecule has 1 rings (SSSR count). The Morgan fingerprint density at radius 2 is 1.74 bits per heavy atom. The molecule has 1 heterocycles. The predicted octanol–water partition coefficient (Wildman–Crippen LogP) is 3.28. The number of hydrogen-bond donors (Lipinski definition) is 1. The van der Waals surface area contributed by atoms with Gasteiger partial charge in [-0.25, -0.2) is 9.97 Å². The van der Waals surface area contributed by atoms with Crippen molar-refractivity contribution in [3.05, 3.63) is 22.8 Å². The molecule has 19 heavy (non-hydrogen) atoms.